The summed E-state index contributed by atoms with van der Waals surface area (Å²) >= 11 is 1.73. The van der Waals surface area contributed by atoms with Gasteiger partial charge in [-0.1, -0.05) is 67.8 Å². The first kappa shape index (κ1) is 20.6. The van der Waals surface area contributed by atoms with Crippen molar-refractivity contribution in [3.63, 3.8) is 0 Å². The normalized spacial score (nSPS) is 12.8. The Bertz CT molecular complexity index is 661. The SMILES string of the molecule is CCCCC#C[C@H](CSc1ccccc1)[C@H](O)COCc1ccccc1. The van der Waals surface area contributed by atoms with Crippen LogP contribution in [-0.2, 0) is 11.3 Å². The summed E-state index contributed by atoms with van der Waals surface area (Å²) in [5.41, 5.74) is 1.11. The van der Waals surface area contributed by atoms with E-state index in [9.17, 15) is 5.11 Å². The van der Waals surface area contributed by atoms with Gasteiger partial charge in [0.15, 0.2) is 0 Å². The highest BCUT2D eigenvalue weighted by Gasteiger charge is 2.18. The number of aliphatic hydroxyl groups is 1. The molecule has 2 nitrogen and oxygen atoms in total. The number of rotatable bonds is 10. The Labute approximate surface area is 162 Å². The summed E-state index contributed by atoms with van der Waals surface area (Å²) in [6.07, 6.45) is 2.55. The monoisotopic (exact) mass is 368 g/mol. The van der Waals surface area contributed by atoms with Crippen molar-refractivity contribution in [3.8, 4) is 11.8 Å². The molecule has 2 rings (SSSR count). The summed E-state index contributed by atoms with van der Waals surface area (Å²) in [4.78, 5) is 1.20. The second kappa shape index (κ2) is 12.6. The maximum absolute atomic E-state index is 10.6. The van der Waals surface area contributed by atoms with E-state index in [1.807, 2.05) is 48.5 Å². The summed E-state index contributed by atoms with van der Waals surface area (Å²) in [5.74, 6) is 7.18. The van der Waals surface area contributed by atoms with E-state index in [1.165, 1.54) is 4.90 Å². The minimum Gasteiger partial charge on any atom is -0.389 e. The maximum atomic E-state index is 10.6. The van der Waals surface area contributed by atoms with E-state index >= 15 is 0 Å². The molecule has 2 aromatic carbocycles. The highest BCUT2D eigenvalue weighted by atomic mass is 32.2. The van der Waals surface area contributed by atoms with Gasteiger partial charge in [-0.15, -0.1) is 17.7 Å². The average molecular weight is 369 g/mol. The van der Waals surface area contributed by atoms with Crippen molar-refractivity contribution in [2.24, 2.45) is 5.92 Å². The van der Waals surface area contributed by atoms with Crippen LogP contribution in [0, 0.1) is 17.8 Å². The zero-order chi connectivity index (χ0) is 18.5. The molecule has 0 saturated heterocycles. The molecule has 2 atom stereocenters. The number of unbranched alkanes of at least 4 members (excludes halogenated alkanes) is 2. The van der Waals surface area contributed by atoms with Gasteiger partial charge in [0, 0.05) is 17.1 Å². The van der Waals surface area contributed by atoms with Crippen LogP contribution in [0.1, 0.15) is 31.7 Å². The van der Waals surface area contributed by atoms with Gasteiger partial charge < -0.3 is 9.84 Å². The molecule has 0 aliphatic carbocycles. The van der Waals surface area contributed by atoms with Gasteiger partial charge in [-0.2, -0.15) is 0 Å². The Morgan fingerprint density at radius 1 is 1.04 bits per heavy atom. The van der Waals surface area contributed by atoms with Gasteiger partial charge in [-0.3, -0.25) is 0 Å². The summed E-state index contributed by atoms with van der Waals surface area (Å²) < 4.78 is 5.71. The van der Waals surface area contributed by atoms with Crippen molar-refractivity contribution in [1.29, 1.82) is 0 Å². The molecule has 2 aromatic rings. The summed E-state index contributed by atoms with van der Waals surface area (Å²) in [5, 5.41) is 10.6. The molecule has 1 N–H and O–H groups in total. The standard InChI is InChI=1S/C23H28O2S/c1-2-3-4-9-14-21(19-26-22-15-10-6-11-16-22)23(24)18-25-17-20-12-7-5-8-13-20/h5-8,10-13,15-16,21,23-24H,2-4,17-19H2,1H3/t21-,23-/m1/s1. The van der Waals surface area contributed by atoms with Gasteiger partial charge in [-0.05, 0) is 24.1 Å². The second-order valence-corrected chi connectivity index (χ2v) is 7.32. The molecular formula is C23H28O2S. The molecule has 0 unspecified atom stereocenters. The van der Waals surface area contributed by atoms with E-state index in [2.05, 4.69) is 30.9 Å². The van der Waals surface area contributed by atoms with Gasteiger partial charge in [-0.25, -0.2) is 0 Å². The molecule has 0 heterocycles. The van der Waals surface area contributed by atoms with Gasteiger partial charge in [0.25, 0.3) is 0 Å². The third kappa shape index (κ3) is 8.10. The van der Waals surface area contributed by atoms with Crippen LogP contribution in [0.4, 0.5) is 0 Å². The van der Waals surface area contributed by atoms with Gasteiger partial charge in [0.1, 0.15) is 0 Å². The third-order valence-electron chi connectivity index (χ3n) is 3.98. The number of benzene rings is 2. The number of hydrogen-bond donors (Lipinski definition) is 1. The zero-order valence-electron chi connectivity index (χ0n) is 15.4. The first-order valence-electron chi connectivity index (χ1n) is 9.25. The fourth-order valence-electron chi connectivity index (χ4n) is 2.41. The molecule has 3 heteroatoms. The largest absolute Gasteiger partial charge is 0.389 e. The predicted molar refractivity (Wildman–Crippen MR) is 110 cm³/mol. The lowest BCUT2D eigenvalue weighted by Gasteiger charge is -2.18. The molecule has 0 bridgehead atoms. The third-order valence-corrected chi connectivity index (χ3v) is 5.11. The fourth-order valence-corrected chi connectivity index (χ4v) is 3.44. The van der Waals surface area contributed by atoms with Crippen LogP contribution in [0.2, 0.25) is 0 Å². The molecule has 0 aromatic heterocycles. The summed E-state index contributed by atoms with van der Waals surface area (Å²) in [6, 6.07) is 20.3. The maximum Gasteiger partial charge on any atom is 0.0919 e. The summed E-state index contributed by atoms with van der Waals surface area (Å²) in [6.45, 7) is 2.98. The van der Waals surface area contributed by atoms with E-state index in [-0.39, 0.29) is 5.92 Å². The quantitative estimate of drug-likeness (QED) is 0.356. The Morgan fingerprint density at radius 2 is 1.73 bits per heavy atom. The van der Waals surface area contributed by atoms with E-state index in [4.69, 9.17) is 4.74 Å². The van der Waals surface area contributed by atoms with Crippen molar-refractivity contribution >= 4 is 11.8 Å². The van der Waals surface area contributed by atoms with Gasteiger partial charge >= 0.3 is 0 Å². The molecular weight excluding hydrogens is 340 g/mol. The molecule has 0 aliphatic rings. The average Bonchev–Trinajstić information content (AvgIpc) is 2.69. The van der Waals surface area contributed by atoms with Crippen LogP contribution < -0.4 is 0 Å². The second-order valence-electron chi connectivity index (χ2n) is 6.22. The van der Waals surface area contributed by atoms with E-state index in [1.54, 1.807) is 11.8 Å². The van der Waals surface area contributed by atoms with Crippen LogP contribution in [0.15, 0.2) is 65.6 Å². The highest BCUT2D eigenvalue weighted by molar-refractivity contribution is 7.99. The minimum atomic E-state index is -0.580. The Kier molecular flexibility index (Phi) is 9.97. The van der Waals surface area contributed by atoms with E-state index < -0.39 is 6.10 Å². The van der Waals surface area contributed by atoms with Crippen LogP contribution >= 0.6 is 11.8 Å². The molecule has 0 amide bonds. The molecule has 138 valence electrons. The number of thioether (sulfide) groups is 1. The number of hydrogen-bond acceptors (Lipinski definition) is 3. The van der Waals surface area contributed by atoms with Crippen molar-refractivity contribution in [1.82, 2.24) is 0 Å². The molecule has 0 radical (unpaired) electrons. The molecule has 26 heavy (non-hydrogen) atoms. The number of aliphatic hydroxyl groups excluding tert-OH is 1. The minimum absolute atomic E-state index is 0.0900. The van der Waals surface area contributed by atoms with E-state index in [0.29, 0.717) is 13.2 Å². The predicted octanol–water partition coefficient (Wildman–Crippen LogP) is 5.17. The van der Waals surface area contributed by atoms with Crippen molar-refractivity contribution in [3.05, 3.63) is 66.2 Å². The van der Waals surface area contributed by atoms with Gasteiger partial charge in [0.2, 0.25) is 0 Å². The van der Waals surface area contributed by atoms with Crippen LogP contribution in [0.5, 0.6) is 0 Å². The lowest BCUT2D eigenvalue weighted by Crippen LogP contribution is -2.26. The van der Waals surface area contributed by atoms with E-state index in [0.717, 1.165) is 30.6 Å². The van der Waals surface area contributed by atoms with Crippen molar-refractivity contribution in [2.45, 2.75) is 43.8 Å². The Balaban J connectivity index is 1.86. The number of ether oxygens (including phenoxy) is 1. The van der Waals surface area contributed by atoms with Crippen LogP contribution in [0.3, 0.4) is 0 Å². The fraction of sp³-hybridized carbons (Fsp3) is 0.391. The highest BCUT2D eigenvalue weighted by Crippen LogP contribution is 2.22. The van der Waals surface area contributed by atoms with Crippen LogP contribution in [0.25, 0.3) is 0 Å². The Hall–Kier alpha value is -1.73. The zero-order valence-corrected chi connectivity index (χ0v) is 16.3. The molecule has 0 spiro atoms. The topological polar surface area (TPSA) is 29.5 Å². The van der Waals surface area contributed by atoms with Gasteiger partial charge in [0.05, 0.1) is 25.2 Å². The first-order chi connectivity index (χ1) is 12.8. The Morgan fingerprint density at radius 3 is 2.42 bits per heavy atom. The lowest BCUT2D eigenvalue weighted by atomic mass is 10.1. The molecule has 0 aliphatic heterocycles. The summed E-state index contributed by atoms with van der Waals surface area (Å²) in [7, 11) is 0. The molecule has 0 fully saturated rings. The lowest BCUT2D eigenvalue weighted by molar-refractivity contribution is 0.0143. The van der Waals surface area contributed by atoms with Crippen LogP contribution in [-0.4, -0.2) is 23.6 Å². The first-order valence-corrected chi connectivity index (χ1v) is 10.2. The molecule has 0 saturated carbocycles. The smallest absolute Gasteiger partial charge is 0.0919 e. The van der Waals surface area contributed by atoms with Crippen molar-refractivity contribution < 1.29 is 9.84 Å². The van der Waals surface area contributed by atoms with Crippen molar-refractivity contribution in [2.75, 3.05) is 12.4 Å².